The molecule has 9 amide bonds. The number of guanidine groups is 1. The van der Waals surface area contributed by atoms with Crippen molar-refractivity contribution in [3.63, 3.8) is 0 Å². The number of nitrogens with one attached hydrogen (secondary N) is 8. The molecule has 2 aliphatic heterocycles. The van der Waals surface area contributed by atoms with Crippen LogP contribution >= 0.6 is 0 Å². The van der Waals surface area contributed by atoms with Crippen LogP contribution < -0.4 is 54.4 Å². The minimum Gasteiger partial charge on any atom is -0.480 e. The number of hydrogen-bond donors (Lipinski definition) is 13. The summed E-state index contributed by atoms with van der Waals surface area (Å²) in [6, 6.07) is 9.30. The van der Waals surface area contributed by atoms with E-state index in [1.807, 2.05) is 51.1 Å². The number of benzene rings is 3. The molecule has 0 spiro atoms. The first-order valence-corrected chi connectivity index (χ1v) is 31.4. The Morgan fingerprint density at radius 3 is 1.80 bits per heavy atom. The molecule has 6 rings (SSSR count). The van der Waals surface area contributed by atoms with E-state index in [2.05, 4.69) is 52.2 Å². The molecule has 27 heteroatoms. The number of imidazole rings is 1. The van der Waals surface area contributed by atoms with Crippen molar-refractivity contribution in [2.24, 2.45) is 34.0 Å². The van der Waals surface area contributed by atoms with Gasteiger partial charge in [0.1, 0.15) is 54.4 Å². The molecule has 0 bridgehead atoms. The van der Waals surface area contributed by atoms with E-state index in [9.17, 15) is 58.2 Å². The number of hydrogen-bond acceptors (Lipinski definition) is 14. The fraction of sp³-hybridized carbons (Fsp3) is 0.531. The van der Waals surface area contributed by atoms with Crippen LogP contribution in [0.2, 0.25) is 0 Å². The number of aromatic amines is 1. The predicted molar refractivity (Wildman–Crippen MR) is 340 cm³/mol. The number of aliphatic imine (C=N–C) groups is 1. The third-order valence-electron chi connectivity index (χ3n) is 16.3. The second kappa shape index (κ2) is 34.8. The molecule has 2 fully saturated rings. The van der Waals surface area contributed by atoms with E-state index in [0.717, 1.165) is 23.6 Å². The van der Waals surface area contributed by atoms with E-state index in [-0.39, 0.29) is 75.8 Å². The average molecular weight is 1260 g/mol. The van der Waals surface area contributed by atoms with Gasteiger partial charge in [-0.25, -0.2) is 9.78 Å². The van der Waals surface area contributed by atoms with Crippen LogP contribution in [0.3, 0.4) is 0 Å². The highest BCUT2D eigenvalue weighted by Gasteiger charge is 2.42. The Morgan fingerprint density at radius 2 is 1.20 bits per heavy atom. The molecule has 0 radical (unpaired) electrons. The Labute approximate surface area is 530 Å². The number of aliphatic hydroxyl groups excluding tert-OH is 1. The highest BCUT2D eigenvalue weighted by Crippen LogP contribution is 2.24. The minimum atomic E-state index is -1.72. The second-order valence-corrected chi connectivity index (χ2v) is 24.1. The van der Waals surface area contributed by atoms with Crippen LogP contribution in [-0.4, -0.2) is 182 Å². The van der Waals surface area contributed by atoms with E-state index in [1.165, 1.54) is 22.3 Å². The minimum absolute atomic E-state index is 0.0151. The zero-order chi connectivity index (χ0) is 66.3. The Morgan fingerprint density at radius 1 is 0.637 bits per heavy atom. The van der Waals surface area contributed by atoms with Crippen molar-refractivity contribution in [3.05, 3.63) is 102 Å². The summed E-state index contributed by atoms with van der Waals surface area (Å²) in [5, 5.41) is 41.5. The van der Waals surface area contributed by atoms with Crippen molar-refractivity contribution in [3.8, 4) is 0 Å². The van der Waals surface area contributed by atoms with Gasteiger partial charge in [0.25, 0.3) is 0 Å². The summed E-state index contributed by atoms with van der Waals surface area (Å²) in [5.41, 5.74) is 19.1. The smallest absolute Gasteiger partial charge is 0.326 e. The van der Waals surface area contributed by atoms with Gasteiger partial charge >= 0.3 is 5.97 Å². The maximum atomic E-state index is 14.7. The maximum absolute atomic E-state index is 14.7. The molecule has 0 saturated carbocycles. The van der Waals surface area contributed by atoms with E-state index in [1.54, 1.807) is 56.3 Å². The van der Waals surface area contributed by atoms with Gasteiger partial charge in [-0.3, -0.25) is 48.1 Å². The van der Waals surface area contributed by atoms with Crippen LogP contribution in [0.1, 0.15) is 116 Å². The number of aliphatic carboxylic acids is 1. The highest BCUT2D eigenvalue weighted by molar-refractivity contribution is 5.99. The largest absolute Gasteiger partial charge is 0.480 e. The summed E-state index contributed by atoms with van der Waals surface area (Å²) in [5.74, 6) is -8.81. The number of carbonyl (C=O) groups is 10. The van der Waals surface area contributed by atoms with Gasteiger partial charge in [0, 0.05) is 50.8 Å². The highest BCUT2D eigenvalue weighted by atomic mass is 16.4. The molecule has 10 atom stereocenters. The summed E-state index contributed by atoms with van der Waals surface area (Å²) in [4.78, 5) is 154. The number of carboxylic acids is 1. The summed E-state index contributed by atoms with van der Waals surface area (Å²) in [6.07, 6.45) is 6.15. The standard InChI is InChI=1S/C64H91N15O12/c1-6-7-23-44(65)61(88)78-28-15-25-51(78)59(86)73-46(30-37(2)3)55(82)72-48(33-42-34-68-36-70-42)57(84)76-50(35-80)58(85)71-45(24-14-27-69-64(66)67)54(81)77-53(38(4)5)62(89)79-29-16-26-52(79)60(87)74-47(31-39-17-9-8-10-18-39)56(83)75-49(63(90)91)32-41-21-13-20-40-19-11-12-22-43(40)41/h8-13,17-22,34,36-38,44-53,80H,6-7,14-16,23-33,35,65H2,1-5H3,(H,68,70)(H,71,85)(H,72,82)(H,73,86)(H,74,87)(H,75,83)(H,76,84)(H,77,81)(H,90,91)(H4,66,67,69)/t44-,45-,46-,47-,48-,49-,50-,51-,52-,53-/m0/s1. The Hall–Kier alpha value is -8.98. The maximum Gasteiger partial charge on any atom is 0.326 e. The first-order chi connectivity index (χ1) is 43.5. The van der Waals surface area contributed by atoms with E-state index in [4.69, 9.17) is 17.2 Å². The van der Waals surface area contributed by atoms with E-state index in [0.29, 0.717) is 49.0 Å². The van der Waals surface area contributed by atoms with Crippen molar-refractivity contribution in [1.82, 2.24) is 57.0 Å². The SMILES string of the molecule is CCCC[C@H](N)C(=O)N1CCC[C@H]1C(=O)N[C@@H](CC(C)C)C(=O)N[C@@H](Cc1cnc[nH]1)C(=O)N[C@@H](CO)C(=O)N[C@@H](CCCN=C(N)N)C(=O)N[C@H](C(=O)N1CCC[C@H]1C(=O)N[C@@H](Cc1ccccc1)C(=O)N[C@@H](Cc1cccc2ccccc12)C(=O)O)C(C)C. The molecule has 0 unspecified atom stereocenters. The molecular formula is C64H91N15O12. The zero-order valence-electron chi connectivity index (χ0n) is 52.5. The molecule has 0 aliphatic carbocycles. The molecule has 16 N–H and O–H groups in total. The number of nitrogens with zero attached hydrogens (tertiary/aromatic N) is 4. The topological polar surface area (TPSA) is 421 Å². The van der Waals surface area contributed by atoms with Gasteiger partial charge in [-0.1, -0.05) is 120 Å². The number of amides is 9. The predicted octanol–water partition coefficient (Wildman–Crippen LogP) is 0.316. The lowest BCUT2D eigenvalue weighted by molar-refractivity contribution is -0.144. The van der Waals surface area contributed by atoms with Crippen LogP contribution in [0.4, 0.5) is 0 Å². The van der Waals surface area contributed by atoms with Crippen LogP contribution in [0.25, 0.3) is 10.8 Å². The summed E-state index contributed by atoms with van der Waals surface area (Å²) < 4.78 is 0. The lowest BCUT2D eigenvalue weighted by atomic mass is 9.98. The number of aliphatic hydroxyl groups is 1. The number of carboxylic acid groups (broad SMARTS) is 1. The zero-order valence-corrected chi connectivity index (χ0v) is 52.5. The van der Waals surface area contributed by atoms with Crippen LogP contribution in [-0.2, 0) is 67.2 Å². The summed E-state index contributed by atoms with van der Waals surface area (Å²) in [7, 11) is 0. The van der Waals surface area contributed by atoms with Crippen LogP contribution in [0.5, 0.6) is 0 Å². The Bertz CT molecular complexity index is 3150. The first kappa shape index (κ1) is 71.1. The van der Waals surface area contributed by atoms with Gasteiger partial charge in [-0.15, -0.1) is 0 Å². The lowest BCUT2D eigenvalue weighted by Crippen LogP contribution is -2.61. The molecular weight excluding hydrogens is 1170 g/mol. The first-order valence-electron chi connectivity index (χ1n) is 31.4. The Kier molecular flexibility index (Phi) is 27.2. The van der Waals surface area contributed by atoms with E-state index < -0.39 is 126 Å². The average Bonchev–Trinajstić information content (AvgIpc) is 2.08. The van der Waals surface area contributed by atoms with Gasteiger partial charge in [-0.05, 0) is 85.1 Å². The second-order valence-electron chi connectivity index (χ2n) is 24.1. The van der Waals surface area contributed by atoms with E-state index >= 15 is 0 Å². The summed E-state index contributed by atoms with van der Waals surface area (Å²) in [6.45, 7) is 8.46. The molecule has 3 heterocycles. The number of nitrogens with two attached hydrogens (primary N) is 3. The number of fused-ring (bicyclic) bond motifs is 1. The molecule has 2 saturated heterocycles. The van der Waals surface area contributed by atoms with Crippen LogP contribution in [0, 0.1) is 11.8 Å². The van der Waals surface area contributed by atoms with Crippen molar-refractivity contribution < 1.29 is 58.2 Å². The van der Waals surface area contributed by atoms with Crippen molar-refractivity contribution >= 4 is 75.9 Å². The quantitative estimate of drug-likeness (QED) is 0.0170. The monoisotopic (exact) mass is 1260 g/mol. The third kappa shape index (κ3) is 20.8. The third-order valence-corrected chi connectivity index (χ3v) is 16.3. The fourth-order valence-electron chi connectivity index (χ4n) is 11.4. The van der Waals surface area contributed by atoms with Gasteiger partial charge in [0.15, 0.2) is 5.96 Å². The van der Waals surface area contributed by atoms with Gasteiger partial charge in [0.2, 0.25) is 53.2 Å². The van der Waals surface area contributed by atoms with Crippen molar-refractivity contribution in [2.75, 3.05) is 26.2 Å². The lowest BCUT2D eigenvalue weighted by Gasteiger charge is -2.32. The molecule has 4 aromatic rings. The number of carbonyl (C=O) groups excluding carboxylic acids is 9. The Balaban J connectivity index is 1.15. The molecule has 2 aliphatic rings. The number of aromatic nitrogens is 2. The van der Waals surface area contributed by atoms with Gasteiger partial charge in [-0.2, -0.15) is 0 Å². The number of likely N-dealkylation sites (tertiary alicyclic amines) is 2. The molecule has 91 heavy (non-hydrogen) atoms. The van der Waals surface area contributed by atoms with Gasteiger partial charge < -0.3 is 79.4 Å². The normalized spacial score (nSPS) is 17.3. The molecule has 1 aromatic heterocycles. The molecule has 27 nitrogen and oxygen atoms in total. The summed E-state index contributed by atoms with van der Waals surface area (Å²) >= 11 is 0. The van der Waals surface area contributed by atoms with Gasteiger partial charge in [0.05, 0.1) is 19.0 Å². The molecule has 3 aromatic carbocycles. The molecule has 494 valence electrons. The fourth-order valence-corrected chi connectivity index (χ4v) is 11.4. The van der Waals surface area contributed by atoms with Crippen LogP contribution in [0.15, 0.2) is 90.3 Å². The number of rotatable bonds is 34. The number of H-pyrrole nitrogens is 1. The van der Waals surface area contributed by atoms with Crippen molar-refractivity contribution in [1.29, 1.82) is 0 Å². The number of unbranched alkanes of at least 4 members (excludes halogenated alkanes) is 1. The van der Waals surface area contributed by atoms with Crippen molar-refractivity contribution in [2.45, 2.75) is 179 Å².